The summed E-state index contributed by atoms with van der Waals surface area (Å²) in [7, 11) is 1.63. The second kappa shape index (κ2) is 8.67. The Labute approximate surface area is 172 Å². The van der Waals surface area contributed by atoms with Gasteiger partial charge in [-0.25, -0.2) is 4.98 Å². The quantitative estimate of drug-likeness (QED) is 0.429. The summed E-state index contributed by atoms with van der Waals surface area (Å²) in [4.78, 5) is 23.6. The van der Waals surface area contributed by atoms with Crippen molar-refractivity contribution in [3.8, 4) is 5.75 Å². The molecule has 0 fully saturated rings. The zero-order chi connectivity index (χ0) is 20.1. The number of fused-ring (bicyclic) bond motifs is 1. The summed E-state index contributed by atoms with van der Waals surface area (Å²) in [5.74, 6) is 0.630. The lowest BCUT2D eigenvalue weighted by atomic mass is 10.2. The number of carbonyl (C=O) groups excluding carboxylic acids is 1. The molecule has 0 saturated carbocycles. The highest BCUT2D eigenvalue weighted by atomic mass is 32.1. The van der Waals surface area contributed by atoms with Crippen LogP contribution < -0.4 is 9.64 Å². The summed E-state index contributed by atoms with van der Waals surface area (Å²) in [6, 6.07) is 19.3. The van der Waals surface area contributed by atoms with Gasteiger partial charge in [0.25, 0.3) is 5.91 Å². The molecule has 0 spiro atoms. The van der Waals surface area contributed by atoms with Crippen LogP contribution in [0.4, 0.5) is 5.13 Å². The number of hydrogen-bond donors (Lipinski definition) is 0. The maximum atomic E-state index is 13.1. The SMILES string of the molecule is COc1ccc2nc(N(Cc3cccnc3)C(=O)/C=C/c3ccccc3)sc2c1. The number of nitrogens with zero attached hydrogens (tertiary/aromatic N) is 3. The van der Waals surface area contributed by atoms with E-state index < -0.39 is 0 Å². The van der Waals surface area contributed by atoms with E-state index in [9.17, 15) is 4.79 Å². The molecule has 144 valence electrons. The number of benzene rings is 2. The highest BCUT2D eigenvalue weighted by molar-refractivity contribution is 7.22. The minimum atomic E-state index is -0.135. The molecule has 4 rings (SSSR count). The lowest BCUT2D eigenvalue weighted by Crippen LogP contribution is -2.28. The predicted molar refractivity (Wildman–Crippen MR) is 117 cm³/mol. The van der Waals surface area contributed by atoms with E-state index in [2.05, 4.69) is 9.97 Å². The van der Waals surface area contributed by atoms with Crippen molar-refractivity contribution in [2.75, 3.05) is 12.0 Å². The standard InChI is InChI=1S/C23H19N3O2S/c1-28-19-10-11-20-21(14-19)29-23(25-20)26(16-18-8-5-13-24-15-18)22(27)12-9-17-6-3-2-4-7-17/h2-15H,16H2,1H3/b12-9+. The Morgan fingerprint density at radius 3 is 2.76 bits per heavy atom. The van der Waals surface area contributed by atoms with E-state index in [1.807, 2.05) is 66.7 Å². The topological polar surface area (TPSA) is 55.3 Å². The summed E-state index contributed by atoms with van der Waals surface area (Å²) < 4.78 is 6.27. The molecule has 0 radical (unpaired) electrons. The smallest absolute Gasteiger partial charge is 0.253 e. The Kier molecular flexibility index (Phi) is 5.63. The van der Waals surface area contributed by atoms with Crippen molar-refractivity contribution in [2.24, 2.45) is 0 Å². The van der Waals surface area contributed by atoms with Crippen LogP contribution >= 0.6 is 11.3 Å². The third-order valence-electron chi connectivity index (χ3n) is 4.36. The summed E-state index contributed by atoms with van der Waals surface area (Å²) in [6.07, 6.45) is 6.87. The molecule has 0 aliphatic carbocycles. The summed E-state index contributed by atoms with van der Waals surface area (Å²) in [5.41, 5.74) is 2.74. The third-order valence-corrected chi connectivity index (χ3v) is 5.40. The summed E-state index contributed by atoms with van der Waals surface area (Å²) in [5, 5.41) is 0.639. The van der Waals surface area contributed by atoms with Crippen molar-refractivity contribution in [1.82, 2.24) is 9.97 Å². The molecule has 6 heteroatoms. The average Bonchev–Trinajstić information content (AvgIpc) is 3.20. The van der Waals surface area contributed by atoms with Gasteiger partial charge < -0.3 is 4.74 Å². The predicted octanol–water partition coefficient (Wildman–Crippen LogP) is 4.95. The molecule has 0 aliphatic rings. The van der Waals surface area contributed by atoms with Crippen molar-refractivity contribution in [2.45, 2.75) is 6.54 Å². The Balaban J connectivity index is 1.68. The van der Waals surface area contributed by atoms with Crippen molar-refractivity contribution in [3.05, 3.63) is 90.3 Å². The maximum absolute atomic E-state index is 13.1. The van der Waals surface area contributed by atoms with Crippen molar-refractivity contribution in [3.63, 3.8) is 0 Å². The van der Waals surface area contributed by atoms with Gasteiger partial charge >= 0.3 is 0 Å². The number of anilines is 1. The van der Waals surface area contributed by atoms with Crippen molar-refractivity contribution < 1.29 is 9.53 Å². The van der Waals surface area contributed by atoms with Crippen LogP contribution in [0.25, 0.3) is 16.3 Å². The fourth-order valence-electron chi connectivity index (χ4n) is 2.87. The first kappa shape index (κ1) is 18.8. The molecular weight excluding hydrogens is 382 g/mol. The molecule has 5 nitrogen and oxygen atoms in total. The lowest BCUT2D eigenvalue weighted by molar-refractivity contribution is -0.114. The van der Waals surface area contributed by atoms with Gasteiger partial charge in [0, 0.05) is 18.5 Å². The summed E-state index contributed by atoms with van der Waals surface area (Å²) >= 11 is 1.46. The van der Waals surface area contributed by atoms with Gasteiger partial charge in [0.15, 0.2) is 5.13 Å². The van der Waals surface area contributed by atoms with E-state index in [1.165, 1.54) is 11.3 Å². The number of methoxy groups -OCH3 is 1. The van der Waals surface area contributed by atoms with E-state index in [4.69, 9.17) is 4.74 Å². The van der Waals surface area contributed by atoms with Crippen molar-refractivity contribution in [1.29, 1.82) is 0 Å². The van der Waals surface area contributed by atoms with E-state index >= 15 is 0 Å². The highest BCUT2D eigenvalue weighted by Crippen LogP contribution is 2.32. The van der Waals surface area contributed by atoms with Crippen LogP contribution in [0.2, 0.25) is 0 Å². The third kappa shape index (κ3) is 4.50. The Hall–Kier alpha value is -3.51. The molecule has 0 unspecified atom stereocenters. The highest BCUT2D eigenvalue weighted by Gasteiger charge is 2.19. The average molecular weight is 401 g/mol. The number of carbonyl (C=O) groups is 1. The van der Waals surface area contributed by atoms with Gasteiger partial charge in [0.2, 0.25) is 0 Å². The monoisotopic (exact) mass is 401 g/mol. The molecular formula is C23H19N3O2S. The van der Waals surface area contributed by atoms with E-state index in [1.54, 1.807) is 30.5 Å². The number of thiazole rings is 1. The Bertz CT molecular complexity index is 1140. The van der Waals surface area contributed by atoms with Crippen LogP contribution in [0.15, 0.2) is 79.1 Å². The van der Waals surface area contributed by atoms with Gasteiger partial charge in [-0.2, -0.15) is 0 Å². The zero-order valence-corrected chi connectivity index (χ0v) is 16.7. The zero-order valence-electron chi connectivity index (χ0n) is 15.9. The van der Waals surface area contributed by atoms with E-state index in [0.29, 0.717) is 11.7 Å². The first-order valence-electron chi connectivity index (χ1n) is 9.11. The van der Waals surface area contributed by atoms with Gasteiger partial charge in [0.05, 0.1) is 23.9 Å². The first-order valence-corrected chi connectivity index (χ1v) is 9.93. The number of hydrogen-bond acceptors (Lipinski definition) is 5. The van der Waals surface area contributed by atoms with Crippen LogP contribution in [-0.2, 0) is 11.3 Å². The first-order chi connectivity index (χ1) is 14.2. The van der Waals surface area contributed by atoms with Gasteiger partial charge in [-0.05, 0) is 41.5 Å². The van der Waals surface area contributed by atoms with Gasteiger partial charge in [0.1, 0.15) is 5.75 Å². The van der Waals surface area contributed by atoms with Gasteiger partial charge in [-0.1, -0.05) is 47.7 Å². The van der Waals surface area contributed by atoms with Crippen molar-refractivity contribution >= 4 is 38.7 Å². The molecule has 0 aliphatic heterocycles. The number of pyridine rings is 1. The number of aromatic nitrogens is 2. The number of rotatable bonds is 6. The van der Waals surface area contributed by atoms with Crippen LogP contribution in [-0.4, -0.2) is 23.0 Å². The summed E-state index contributed by atoms with van der Waals surface area (Å²) in [6.45, 7) is 0.392. The van der Waals surface area contributed by atoms with Crippen LogP contribution in [0.3, 0.4) is 0 Å². The minimum absolute atomic E-state index is 0.135. The number of amides is 1. The second-order valence-electron chi connectivity index (χ2n) is 6.36. The maximum Gasteiger partial charge on any atom is 0.253 e. The molecule has 2 heterocycles. The molecule has 2 aromatic carbocycles. The normalized spacial score (nSPS) is 11.1. The molecule has 2 aromatic heterocycles. The Morgan fingerprint density at radius 2 is 2.00 bits per heavy atom. The van der Waals surface area contributed by atoms with E-state index in [0.717, 1.165) is 27.1 Å². The van der Waals surface area contributed by atoms with Gasteiger partial charge in [-0.15, -0.1) is 0 Å². The number of ether oxygens (including phenoxy) is 1. The molecule has 1 amide bonds. The molecule has 0 saturated heterocycles. The van der Waals surface area contributed by atoms with E-state index in [-0.39, 0.29) is 5.91 Å². The minimum Gasteiger partial charge on any atom is -0.497 e. The van der Waals surface area contributed by atoms with Crippen LogP contribution in [0.1, 0.15) is 11.1 Å². The molecule has 0 bridgehead atoms. The molecule has 29 heavy (non-hydrogen) atoms. The second-order valence-corrected chi connectivity index (χ2v) is 7.37. The largest absolute Gasteiger partial charge is 0.497 e. The Morgan fingerprint density at radius 1 is 1.14 bits per heavy atom. The fourth-order valence-corrected chi connectivity index (χ4v) is 3.87. The molecule has 4 aromatic rings. The molecule has 0 atom stereocenters. The van der Waals surface area contributed by atoms with Gasteiger partial charge in [-0.3, -0.25) is 14.7 Å². The van der Waals surface area contributed by atoms with Crippen LogP contribution in [0, 0.1) is 0 Å². The van der Waals surface area contributed by atoms with Crippen LogP contribution in [0.5, 0.6) is 5.75 Å². The lowest BCUT2D eigenvalue weighted by Gasteiger charge is -2.18. The fraction of sp³-hybridized carbons (Fsp3) is 0.0870. The molecule has 0 N–H and O–H groups in total.